The number of aliphatic imine (C=N–C) groups is 1. The van der Waals surface area contributed by atoms with Gasteiger partial charge in [0.05, 0.1) is 5.69 Å². The summed E-state index contributed by atoms with van der Waals surface area (Å²) in [5.41, 5.74) is 3.17. The maximum atomic E-state index is 14.1. The van der Waals surface area contributed by atoms with Gasteiger partial charge >= 0.3 is 0 Å². The molecule has 7 heteroatoms. The molecule has 1 N–H and O–H groups in total. The van der Waals surface area contributed by atoms with Crippen LogP contribution < -0.4 is 15.1 Å². The molecule has 0 radical (unpaired) electrons. The van der Waals surface area contributed by atoms with Gasteiger partial charge in [0.2, 0.25) is 0 Å². The Morgan fingerprint density at radius 2 is 1.70 bits per heavy atom. The Labute approximate surface area is 195 Å². The third-order valence-electron chi connectivity index (χ3n) is 5.53. The van der Waals surface area contributed by atoms with Crippen LogP contribution in [0, 0.1) is 5.82 Å². The molecule has 0 amide bonds. The van der Waals surface area contributed by atoms with Gasteiger partial charge in [-0.25, -0.2) is 4.39 Å². The van der Waals surface area contributed by atoms with Crippen molar-refractivity contribution in [2.75, 3.05) is 56.1 Å². The minimum atomic E-state index is -0.156. The van der Waals surface area contributed by atoms with Gasteiger partial charge in [-0.2, -0.15) is 0 Å². The normalized spacial score (nSPS) is 16.6. The fraction of sp³-hybridized carbons (Fsp3) is 0.348. The summed E-state index contributed by atoms with van der Waals surface area (Å²) in [6.45, 7) is 5.87. The number of nitrogens with zero attached hydrogens (tertiary/aromatic N) is 4. The van der Waals surface area contributed by atoms with Crippen LogP contribution in [0.5, 0.6) is 0 Å². The molecule has 1 saturated heterocycles. The highest BCUT2D eigenvalue weighted by Crippen LogP contribution is 2.21. The predicted octanol–water partition coefficient (Wildman–Crippen LogP) is 3.72. The van der Waals surface area contributed by atoms with Gasteiger partial charge in [-0.15, -0.1) is 24.0 Å². The van der Waals surface area contributed by atoms with Crippen molar-refractivity contribution in [2.24, 2.45) is 4.99 Å². The number of rotatable bonds is 4. The van der Waals surface area contributed by atoms with Gasteiger partial charge in [-0.3, -0.25) is 4.99 Å². The molecule has 0 aliphatic carbocycles. The Morgan fingerprint density at radius 1 is 0.967 bits per heavy atom. The summed E-state index contributed by atoms with van der Waals surface area (Å²) < 4.78 is 14.1. The molecule has 2 heterocycles. The van der Waals surface area contributed by atoms with E-state index in [4.69, 9.17) is 0 Å². The number of guanidine groups is 1. The molecule has 5 nitrogen and oxygen atoms in total. The van der Waals surface area contributed by atoms with Gasteiger partial charge in [0.15, 0.2) is 5.96 Å². The first-order valence-corrected chi connectivity index (χ1v) is 10.2. The lowest BCUT2D eigenvalue weighted by Crippen LogP contribution is -2.52. The lowest BCUT2D eigenvalue weighted by atomic mass is 10.2. The highest BCUT2D eigenvalue weighted by atomic mass is 127. The number of para-hydroxylation sites is 1. The zero-order valence-corrected chi connectivity index (χ0v) is 19.6. The largest absolute Gasteiger partial charge is 0.366 e. The second-order valence-electron chi connectivity index (χ2n) is 7.37. The van der Waals surface area contributed by atoms with E-state index in [0.29, 0.717) is 5.69 Å². The summed E-state index contributed by atoms with van der Waals surface area (Å²) >= 11 is 0. The van der Waals surface area contributed by atoms with Crippen LogP contribution in [0.15, 0.2) is 65.7 Å². The van der Waals surface area contributed by atoms with Crippen LogP contribution in [0.2, 0.25) is 0 Å². The molecule has 1 fully saturated rings. The molecule has 0 saturated carbocycles. The number of nitrogens with one attached hydrogen (secondary N) is 1. The van der Waals surface area contributed by atoms with Crippen molar-refractivity contribution in [2.45, 2.75) is 6.54 Å². The van der Waals surface area contributed by atoms with E-state index >= 15 is 0 Å². The number of halogens is 2. The first-order valence-electron chi connectivity index (χ1n) is 10.2. The Hall–Kier alpha value is -2.29. The topological polar surface area (TPSA) is 34.1 Å². The van der Waals surface area contributed by atoms with Gasteiger partial charge in [-0.1, -0.05) is 36.4 Å². The number of hydrogen-bond acceptors (Lipinski definition) is 3. The molecule has 30 heavy (non-hydrogen) atoms. The zero-order chi connectivity index (χ0) is 20.1. The van der Waals surface area contributed by atoms with E-state index in [1.807, 2.05) is 19.2 Å². The van der Waals surface area contributed by atoms with Crippen molar-refractivity contribution in [1.82, 2.24) is 10.2 Å². The Morgan fingerprint density at radius 3 is 2.40 bits per heavy atom. The second-order valence-corrected chi connectivity index (χ2v) is 7.37. The molecule has 0 aromatic heterocycles. The minimum Gasteiger partial charge on any atom is -0.366 e. The van der Waals surface area contributed by atoms with Gasteiger partial charge < -0.3 is 20.0 Å². The fourth-order valence-corrected chi connectivity index (χ4v) is 3.93. The quantitative estimate of drug-likeness (QED) is 0.288. The maximum Gasteiger partial charge on any atom is 0.194 e. The average molecular weight is 521 g/mol. The first-order chi connectivity index (χ1) is 14.2. The van der Waals surface area contributed by atoms with Crippen molar-refractivity contribution in [1.29, 1.82) is 0 Å². The van der Waals surface area contributed by atoms with Crippen molar-refractivity contribution in [3.8, 4) is 0 Å². The molecule has 0 atom stereocenters. The Balaban J connectivity index is 0.00000256. The lowest BCUT2D eigenvalue weighted by Gasteiger charge is -2.37. The van der Waals surface area contributed by atoms with E-state index in [0.717, 1.165) is 51.8 Å². The van der Waals surface area contributed by atoms with Crippen LogP contribution in [0.3, 0.4) is 0 Å². The molecule has 2 aromatic rings. The first kappa shape index (κ1) is 22.4. The molecule has 4 rings (SSSR count). The molecule has 0 bridgehead atoms. The highest BCUT2D eigenvalue weighted by Gasteiger charge is 2.21. The van der Waals surface area contributed by atoms with E-state index in [1.54, 1.807) is 6.07 Å². The van der Waals surface area contributed by atoms with Gasteiger partial charge in [0, 0.05) is 58.5 Å². The van der Waals surface area contributed by atoms with E-state index in [-0.39, 0.29) is 29.8 Å². The molecule has 0 unspecified atom stereocenters. The van der Waals surface area contributed by atoms with Crippen LogP contribution >= 0.6 is 24.0 Å². The smallest absolute Gasteiger partial charge is 0.194 e. The fourth-order valence-electron chi connectivity index (χ4n) is 3.93. The minimum absolute atomic E-state index is 0. The summed E-state index contributed by atoms with van der Waals surface area (Å²) in [5.74, 6) is 0.739. The lowest BCUT2D eigenvalue weighted by molar-refractivity contribution is 0.370. The summed E-state index contributed by atoms with van der Waals surface area (Å²) in [4.78, 5) is 11.2. The van der Waals surface area contributed by atoms with E-state index in [9.17, 15) is 4.39 Å². The number of hydrogen-bond donors (Lipinski definition) is 1. The van der Waals surface area contributed by atoms with Crippen LogP contribution in [0.4, 0.5) is 15.8 Å². The molecule has 2 aromatic carbocycles. The number of benzene rings is 2. The summed E-state index contributed by atoms with van der Waals surface area (Å²) in [7, 11) is 1.82. The van der Waals surface area contributed by atoms with Gasteiger partial charge in [0.1, 0.15) is 5.82 Å². The molecule has 0 spiro atoms. The monoisotopic (exact) mass is 521 g/mol. The van der Waals surface area contributed by atoms with E-state index < -0.39 is 0 Å². The zero-order valence-electron chi connectivity index (χ0n) is 17.3. The predicted molar refractivity (Wildman–Crippen MR) is 134 cm³/mol. The molecule has 160 valence electrons. The van der Waals surface area contributed by atoms with Crippen molar-refractivity contribution < 1.29 is 4.39 Å². The maximum absolute atomic E-state index is 14.1. The van der Waals surface area contributed by atoms with Crippen LogP contribution in [-0.4, -0.2) is 57.2 Å². The van der Waals surface area contributed by atoms with E-state index in [1.165, 1.54) is 17.3 Å². The van der Waals surface area contributed by atoms with Crippen LogP contribution in [-0.2, 0) is 6.54 Å². The average Bonchev–Trinajstić information content (AvgIpc) is 3.30. The van der Waals surface area contributed by atoms with E-state index in [2.05, 4.69) is 61.4 Å². The molecule has 2 aliphatic rings. The SMILES string of the molecule is CN=C(NCc1cccc(N2CC=CC2)c1)N1CCN(c2ccccc2F)CC1.I. The van der Waals surface area contributed by atoms with Crippen molar-refractivity contribution in [3.63, 3.8) is 0 Å². The van der Waals surface area contributed by atoms with Gasteiger partial charge in [-0.05, 0) is 29.8 Å². The highest BCUT2D eigenvalue weighted by molar-refractivity contribution is 14.0. The van der Waals surface area contributed by atoms with Crippen molar-refractivity contribution in [3.05, 3.63) is 72.1 Å². The molecule has 2 aliphatic heterocycles. The van der Waals surface area contributed by atoms with Gasteiger partial charge in [0.25, 0.3) is 0 Å². The summed E-state index contributed by atoms with van der Waals surface area (Å²) in [6.07, 6.45) is 4.40. The molecular formula is C23H29FIN5. The third kappa shape index (κ3) is 5.24. The van der Waals surface area contributed by atoms with Crippen LogP contribution in [0.25, 0.3) is 0 Å². The van der Waals surface area contributed by atoms with Crippen molar-refractivity contribution >= 4 is 41.3 Å². The van der Waals surface area contributed by atoms with Crippen LogP contribution in [0.1, 0.15) is 5.56 Å². The standard InChI is InChI=1S/C23H28FN5.HI/c1-25-23(26-18-19-7-6-8-20(17-19)27-11-4-5-12-27)29-15-13-28(14-16-29)22-10-3-2-9-21(22)24;/h2-10,17H,11-16,18H2,1H3,(H,25,26);1H. The Bertz CT molecular complexity index is 885. The number of anilines is 2. The molecular weight excluding hydrogens is 492 g/mol. The Kier molecular flexibility index (Phi) is 7.95. The summed E-state index contributed by atoms with van der Waals surface area (Å²) in [5, 5.41) is 3.49. The summed E-state index contributed by atoms with van der Waals surface area (Å²) in [6, 6.07) is 15.6. The third-order valence-corrected chi connectivity index (χ3v) is 5.53. The second kappa shape index (κ2) is 10.7. The number of piperazine rings is 1.